The third kappa shape index (κ3) is 4.40. The van der Waals surface area contributed by atoms with Crippen molar-refractivity contribution in [3.05, 3.63) is 65.5 Å². The van der Waals surface area contributed by atoms with Gasteiger partial charge in [-0.15, -0.1) is 0 Å². The number of nitrogens with zero attached hydrogens (tertiary/aromatic N) is 2. The van der Waals surface area contributed by atoms with E-state index < -0.39 is 35.4 Å². The number of para-hydroxylation sites is 1. The van der Waals surface area contributed by atoms with E-state index in [0.717, 1.165) is 0 Å². The number of fused-ring (bicyclic) bond motifs is 1. The summed E-state index contributed by atoms with van der Waals surface area (Å²) in [5.74, 6) is -1.69. The van der Waals surface area contributed by atoms with Gasteiger partial charge in [0.25, 0.3) is 5.91 Å². The highest BCUT2D eigenvalue weighted by Gasteiger charge is 2.35. The van der Waals surface area contributed by atoms with E-state index in [9.17, 15) is 18.8 Å². The van der Waals surface area contributed by atoms with E-state index in [0.29, 0.717) is 11.3 Å². The van der Waals surface area contributed by atoms with Crippen LogP contribution < -0.4 is 15.5 Å². The molecule has 0 saturated carbocycles. The topological polar surface area (TPSA) is 100 Å². The summed E-state index contributed by atoms with van der Waals surface area (Å²) in [4.78, 5) is 43.2. The normalized spacial score (nSPS) is 16.0. The number of nitrogens with one attached hydrogen (secondary N) is 2. The smallest absolute Gasteiger partial charge is 0.331 e. The number of esters is 1. The predicted molar refractivity (Wildman–Crippen MR) is 113 cm³/mol. The van der Waals surface area contributed by atoms with Gasteiger partial charge < -0.3 is 20.3 Å². The van der Waals surface area contributed by atoms with Crippen molar-refractivity contribution in [2.45, 2.75) is 25.6 Å². The number of ether oxygens (including phenoxy) is 1. The molecule has 0 saturated heterocycles. The minimum Gasteiger partial charge on any atom is -0.467 e. The zero-order valence-electron chi connectivity index (χ0n) is 17.6. The number of hydrogen-bond donors (Lipinski definition) is 2. The monoisotopic (exact) mass is 426 g/mol. The predicted octanol–water partition coefficient (Wildman–Crippen LogP) is 2.22. The molecular formula is C22H23FN4O4. The number of anilines is 1. The van der Waals surface area contributed by atoms with Gasteiger partial charge >= 0.3 is 12.0 Å². The molecule has 0 fully saturated rings. The van der Waals surface area contributed by atoms with E-state index in [4.69, 9.17) is 0 Å². The molecule has 31 heavy (non-hydrogen) atoms. The Kier molecular flexibility index (Phi) is 6.05. The fourth-order valence-corrected chi connectivity index (χ4v) is 3.23. The molecule has 3 amide bonds. The van der Waals surface area contributed by atoms with Gasteiger partial charge in [0.1, 0.15) is 11.4 Å². The number of halogens is 1. The number of benzene rings is 2. The number of amides is 3. The van der Waals surface area contributed by atoms with Gasteiger partial charge in [-0.25, -0.2) is 19.0 Å². The Balaban J connectivity index is 2.02. The third-order valence-corrected chi connectivity index (χ3v) is 4.86. The Morgan fingerprint density at radius 2 is 1.71 bits per heavy atom. The van der Waals surface area contributed by atoms with Gasteiger partial charge in [-0.2, -0.15) is 0 Å². The summed E-state index contributed by atoms with van der Waals surface area (Å²) in [5, 5.41) is 4.93. The van der Waals surface area contributed by atoms with Crippen LogP contribution in [0.1, 0.15) is 25.0 Å². The lowest BCUT2D eigenvalue weighted by Crippen LogP contribution is -2.57. The van der Waals surface area contributed by atoms with E-state index in [-0.39, 0.29) is 11.3 Å². The van der Waals surface area contributed by atoms with E-state index >= 15 is 0 Å². The highest BCUT2D eigenvalue weighted by Crippen LogP contribution is 2.28. The average molecular weight is 426 g/mol. The first-order chi connectivity index (χ1) is 14.7. The Bertz CT molecular complexity index is 1070. The molecule has 0 spiro atoms. The molecule has 1 atom stereocenters. The highest BCUT2D eigenvalue weighted by atomic mass is 19.1. The third-order valence-electron chi connectivity index (χ3n) is 4.86. The lowest BCUT2D eigenvalue weighted by Gasteiger charge is -2.25. The molecule has 162 valence electrons. The molecular weight excluding hydrogens is 403 g/mol. The van der Waals surface area contributed by atoms with Gasteiger partial charge in [-0.1, -0.05) is 30.3 Å². The first-order valence-electron chi connectivity index (χ1n) is 9.52. The number of methoxy groups -OCH3 is 1. The second-order valence-electron chi connectivity index (χ2n) is 7.49. The standard InChI is InChI=1S/C22H23FN4O4/c1-22(2,20(29)31-4)26-21(30)25-18-19(28)27(3)16-12-8-6-10-14(16)17(24-18)13-9-5-7-11-15(13)23/h5-12,18H,1-4H3,(H2,25,26,30). The van der Waals surface area contributed by atoms with Crippen LogP contribution in [0.25, 0.3) is 0 Å². The zero-order valence-corrected chi connectivity index (χ0v) is 17.6. The summed E-state index contributed by atoms with van der Waals surface area (Å²) in [5.41, 5.74) is 0.153. The minimum atomic E-state index is -1.35. The quantitative estimate of drug-likeness (QED) is 0.732. The molecule has 1 heterocycles. The van der Waals surface area contributed by atoms with Crippen molar-refractivity contribution in [2.75, 3.05) is 19.1 Å². The fraction of sp³-hybridized carbons (Fsp3) is 0.273. The Morgan fingerprint density at radius 3 is 2.35 bits per heavy atom. The number of hydrogen-bond acceptors (Lipinski definition) is 5. The van der Waals surface area contributed by atoms with Gasteiger partial charge in [-0.3, -0.25) is 4.79 Å². The molecule has 0 bridgehead atoms. The number of carbonyl (C=O) groups excluding carboxylic acids is 3. The number of aliphatic imine (C=N–C) groups is 1. The lowest BCUT2D eigenvalue weighted by molar-refractivity contribution is -0.146. The molecule has 0 radical (unpaired) electrons. The van der Waals surface area contributed by atoms with Crippen LogP contribution in [0.4, 0.5) is 14.9 Å². The molecule has 3 rings (SSSR count). The Labute approximate surface area is 179 Å². The van der Waals surface area contributed by atoms with E-state index in [1.807, 2.05) is 0 Å². The summed E-state index contributed by atoms with van der Waals surface area (Å²) in [6.07, 6.45) is -1.35. The summed E-state index contributed by atoms with van der Waals surface area (Å²) >= 11 is 0. The maximum Gasteiger partial charge on any atom is 0.331 e. The van der Waals surface area contributed by atoms with Crippen molar-refractivity contribution in [1.82, 2.24) is 10.6 Å². The van der Waals surface area contributed by atoms with Crippen molar-refractivity contribution in [1.29, 1.82) is 0 Å². The van der Waals surface area contributed by atoms with E-state index in [1.165, 1.54) is 31.9 Å². The molecule has 9 heteroatoms. The molecule has 1 unspecified atom stereocenters. The minimum absolute atomic E-state index is 0.195. The first kappa shape index (κ1) is 21.9. The summed E-state index contributed by atoms with van der Waals surface area (Å²) in [6, 6.07) is 12.2. The van der Waals surface area contributed by atoms with Crippen LogP contribution in [0.5, 0.6) is 0 Å². The van der Waals surface area contributed by atoms with Crippen LogP contribution in [0, 0.1) is 5.82 Å². The SMILES string of the molecule is COC(=O)C(C)(C)NC(=O)NC1N=C(c2ccccc2F)c2ccccc2N(C)C1=O. The number of rotatable bonds is 4. The van der Waals surface area contributed by atoms with Gasteiger partial charge in [-0.05, 0) is 32.0 Å². The van der Waals surface area contributed by atoms with E-state index in [1.54, 1.807) is 49.5 Å². The van der Waals surface area contributed by atoms with Crippen LogP contribution >= 0.6 is 0 Å². The molecule has 2 aromatic rings. The van der Waals surface area contributed by atoms with Crippen LogP contribution in [0.2, 0.25) is 0 Å². The summed E-state index contributed by atoms with van der Waals surface area (Å²) in [6.45, 7) is 2.92. The van der Waals surface area contributed by atoms with Crippen LogP contribution in [-0.4, -0.2) is 49.5 Å². The Morgan fingerprint density at radius 1 is 1.10 bits per heavy atom. The number of benzodiazepines with no additional fused rings is 1. The molecule has 1 aliphatic rings. The Hall–Kier alpha value is -3.75. The summed E-state index contributed by atoms with van der Waals surface area (Å²) < 4.78 is 19.3. The maximum absolute atomic E-state index is 14.6. The second-order valence-corrected chi connectivity index (χ2v) is 7.49. The van der Waals surface area contributed by atoms with Crippen LogP contribution in [0.3, 0.4) is 0 Å². The summed E-state index contributed by atoms with van der Waals surface area (Å²) in [7, 11) is 2.75. The fourth-order valence-electron chi connectivity index (χ4n) is 3.23. The van der Waals surface area contributed by atoms with Gasteiger partial charge in [0.15, 0.2) is 0 Å². The lowest BCUT2D eigenvalue weighted by atomic mass is 10.00. The number of likely N-dealkylation sites (N-methyl/N-ethyl adjacent to an activating group) is 1. The van der Waals surface area contributed by atoms with E-state index in [2.05, 4.69) is 20.4 Å². The van der Waals surface area contributed by atoms with Crippen molar-refractivity contribution in [3.63, 3.8) is 0 Å². The van der Waals surface area contributed by atoms with Crippen molar-refractivity contribution in [3.8, 4) is 0 Å². The first-order valence-corrected chi connectivity index (χ1v) is 9.52. The molecule has 8 nitrogen and oxygen atoms in total. The second kappa shape index (κ2) is 8.55. The van der Waals surface area contributed by atoms with Gasteiger partial charge in [0.05, 0.1) is 18.5 Å². The number of urea groups is 1. The molecule has 2 N–H and O–H groups in total. The van der Waals surface area contributed by atoms with Gasteiger partial charge in [0.2, 0.25) is 6.17 Å². The number of carbonyl (C=O) groups is 3. The zero-order chi connectivity index (χ0) is 22.8. The van der Waals surface area contributed by atoms with Crippen LogP contribution in [0.15, 0.2) is 53.5 Å². The van der Waals surface area contributed by atoms with Crippen molar-refractivity contribution in [2.24, 2.45) is 4.99 Å². The molecule has 2 aromatic carbocycles. The van der Waals surface area contributed by atoms with Gasteiger partial charge in [0, 0.05) is 18.2 Å². The molecule has 0 aliphatic carbocycles. The highest BCUT2D eigenvalue weighted by molar-refractivity contribution is 6.20. The molecule has 1 aliphatic heterocycles. The molecule has 0 aromatic heterocycles. The van der Waals surface area contributed by atoms with Crippen LogP contribution in [-0.2, 0) is 14.3 Å². The van der Waals surface area contributed by atoms with Crippen molar-refractivity contribution >= 4 is 29.3 Å². The van der Waals surface area contributed by atoms with Crippen molar-refractivity contribution < 1.29 is 23.5 Å². The largest absolute Gasteiger partial charge is 0.467 e. The average Bonchev–Trinajstić information content (AvgIpc) is 2.84. The maximum atomic E-state index is 14.6.